The third-order valence-electron chi connectivity index (χ3n) is 16.3. The van der Waals surface area contributed by atoms with Gasteiger partial charge in [0, 0.05) is 71.7 Å². The summed E-state index contributed by atoms with van der Waals surface area (Å²) in [7, 11) is 0. The average molecular weight is 651 g/mol. The fourth-order valence-corrected chi connectivity index (χ4v) is 15.0. The number of para-hydroxylation sites is 2. The molecule has 0 radical (unpaired) electrons. The molecule has 2 amide bonds. The summed E-state index contributed by atoms with van der Waals surface area (Å²) >= 11 is 0. The molecule has 13 rings (SSSR count). The first-order valence-electron chi connectivity index (χ1n) is 19.1. The molecule has 9 heterocycles. The van der Waals surface area contributed by atoms with Crippen LogP contribution in [0.15, 0.2) is 83.5 Å². The lowest BCUT2D eigenvalue weighted by Crippen LogP contribution is -2.73. The van der Waals surface area contributed by atoms with Crippen molar-refractivity contribution in [2.24, 2.45) is 23.7 Å². The number of allylic oxidation sites excluding steroid dienone is 1. The lowest BCUT2D eigenvalue weighted by Gasteiger charge is -2.61. The molecule has 2 spiro atoms. The van der Waals surface area contributed by atoms with Crippen molar-refractivity contribution in [1.29, 1.82) is 0 Å². The van der Waals surface area contributed by atoms with Crippen molar-refractivity contribution in [3.8, 4) is 0 Å². The number of rotatable bonds is 1. The average Bonchev–Trinajstić information content (AvgIpc) is 3.82. The predicted octanol–water partition coefficient (Wildman–Crippen LogP) is 4.72. The van der Waals surface area contributed by atoms with E-state index in [2.05, 4.69) is 93.3 Å². The van der Waals surface area contributed by atoms with Gasteiger partial charge < -0.3 is 14.5 Å². The number of amides is 2. The quantitative estimate of drug-likeness (QED) is 0.419. The van der Waals surface area contributed by atoms with Gasteiger partial charge in [0.2, 0.25) is 11.8 Å². The number of nitrogens with zero attached hydrogens (tertiary/aromatic N) is 4. The highest BCUT2D eigenvalue weighted by atomic mass is 16.5. The lowest BCUT2D eigenvalue weighted by molar-refractivity contribution is -0.149. The van der Waals surface area contributed by atoms with Crippen LogP contribution in [0.4, 0.5) is 11.4 Å². The summed E-state index contributed by atoms with van der Waals surface area (Å²) in [6.07, 6.45) is 11.7. The molecule has 0 N–H and O–H groups in total. The Morgan fingerprint density at radius 2 is 1.69 bits per heavy atom. The number of hydrogen-bond acceptors (Lipinski definition) is 5. The van der Waals surface area contributed by atoms with Gasteiger partial charge >= 0.3 is 0 Å². The molecular weight excluding hydrogens is 608 g/mol. The zero-order valence-corrected chi connectivity index (χ0v) is 28.0. The van der Waals surface area contributed by atoms with Crippen LogP contribution in [0.1, 0.15) is 50.2 Å². The summed E-state index contributed by atoms with van der Waals surface area (Å²) in [5.74, 6) is 1.38. The van der Waals surface area contributed by atoms with Crippen LogP contribution in [0, 0.1) is 23.7 Å². The topological polar surface area (TPSA) is 56.3 Å². The van der Waals surface area contributed by atoms with Crippen molar-refractivity contribution in [2.45, 2.75) is 86.2 Å². The third kappa shape index (κ3) is 2.76. The smallest absolute Gasteiger partial charge is 0.234 e. The van der Waals surface area contributed by atoms with Gasteiger partial charge in [0.1, 0.15) is 0 Å². The Bertz CT molecular complexity index is 2030. The highest BCUT2D eigenvalue weighted by Gasteiger charge is 2.76. The highest BCUT2D eigenvalue weighted by Crippen LogP contribution is 2.70. The number of carbonyl (C=O) groups excluding carboxylic acids is 2. The van der Waals surface area contributed by atoms with Gasteiger partial charge in [-0.15, -0.1) is 0 Å². The summed E-state index contributed by atoms with van der Waals surface area (Å²) in [4.78, 5) is 39.7. The van der Waals surface area contributed by atoms with Gasteiger partial charge in [0.15, 0.2) is 0 Å². The van der Waals surface area contributed by atoms with E-state index in [1.807, 2.05) is 0 Å². The molecule has 7 heteroatoms. The SMILES string of the molecule is C/C=C1\CN2[C@@H]([C@@H]3C(=O)N4c5ccccc5[C@@]56CCN7CC8=CCO[C@@H]3[C@@H]([C@H]45)[C@H]8C[C@H]76)C[C@@]34c5ccccc5N5C(=O)CC=C([C@H]1C[C@H]23)[C@H]54. The van der Waals surface area contributed by atoms with Crippen molar-refractivity contribution < 1.29 is 14.3 Å². The van der Waals surface area contributed by atoms with Crippen molar-refractivity contribution in [1.82, 2.24) is 9.80 Å². The van der Waals surface area contributed by atoms with Gasteiger partial charge in [-0.1, -0.05) is 65.8 Å². The van der Waals surface area contributed by atoms with Gasteiger partial charge in [0.05, 0.1) is 30.7 Å². The number of fused-ring (bicyclic) bond motifs is 6. The molecule has 12 atom stereocenters. The van der Waals surface area contributed by atoms with Crippen LogP contribution in [0.5, 0.6) is 0 Å². The molecule has 49 heavy (non-hydrogen) atoms. The second-order valence-electron chi connectivity index (χ2n) is 17.2. The first-order chi connectivity index (χ1) is 24.1. The molecule has 2 aliphatic carbocycles. The minimum Gasteiger partial charge on any atom is -0.373 e. The fourth-order valence-electron chi connectivity index (χ4n) is 15.0. The van der Waals surface area contributed by atoms with Crippen LogP contribution in [0.2, 0.25) is 0 Å². The number of piperidine rings is 3. The number of carbonyl (C=O) groups is 2. The van der Waals surface area contributed by atoms with E-state index in [-0.39, 0.29) is 52.9 Å². The van der Waals surface area contributed by atoms with Crippen molar-refractivity contribution in [3.05, 3.63) is 94.6 Å². The number of ether oxygens (including phenoxy) is 1. The van der Waals surface area contributed by atoms with Gasteiger partial charge in [-0.25, -0.2) is 0 Å². The summed E-state index contributed by atoms with van der Waals surface area (Å²) in [5.41, 5.74) is 9.28. The molecular formula is C42H42N4O3. The molecule has 5 saturated heterocycles. The van der Waals surface area contributed by atoms with Gasteiger partial charge in [0.25, 0.3) is 0 Å². The molecule has 9 aliphatic heterocycles. The summed E-state index contributed by atoms with van der Waals surface area (Å²) < 4.78 is 7.14. The molecule has 4 bridgehead atoms. The Kier molecular flexibility index (Phi) is 4.82. The summed E-state index contributed by atoms with van der Waals surface area (Å²) in [6.45, 7) is 5.87. The van der Waals surface area contributed by atoms with E-state index in [1.165, 1.54) is 34.4 Å². The number of anilines is 2. The zero-order valence-electron chi connectivity index (χ0n) is 28.0. The molecule has 248 valence electrons. The maximum atomic E-state index is 15.8. The molecule has 0 unspecified atom stereocenters. The fraction of sp³-hybridized carbons (Fsp3) is 0.524. The summed E-state index contributed by atoms with van der Waals surface area (Å²) in [5, 5.41) is 0. The van der Waals surface area contributed by atoms with Crippen molar-refractivity contribution in [3.63, 3.8) is 0 Å². The molecule has 2 aromatic rings. The molecule has 7 fully saturated rings. The molecule has 0 aromatic heterocycles. The van der Waals surface area contributed by atoms with Crippen LogP contribution in [0.25, 0.3) is 0 Å². The van der Waals surface area contributed by atoms with Crippen molar-refractivity contribution in [2.75, 3.05) is 36.0 Å². The molecule has 11 aliphatic rings. The van der Waals surface area contributed by atoms with E-state index in [9.17, 15) is 4.79 Å². The Labute approximate surface area is 287 Å². The molecule has 2 saturated carbocycles. The number of hydrogen-bond donors (Lipinski definition) is 0. The lowest BCUT2D eigenvalue weighted by atomic mass is 9.52. The Morgan fingerprint density at radius 3 is 2.53 bits per heavy atom. The second kappa shape index (κ2) is 8.67. The highest BCUT2D eigenvalue weighted by molar-refractivity contribution is 6.02. The second-order valence-corrected chi connectivity index (χ2v) is 17.2. The minimum atomic E-state index is -0.254. The van der Waals surface area contributed by atoms with E-state index >= 15 is 4.79 Å². The maximum Gasteiger partial charge on any atom is 0.234 e. The van der Waals surface area contributed by atoms with Crippen LogP contribution in [-0.4, -0.2) is 84.2 Å². The number of benzene rings is 2. The van der Waals surface area contributed by atoms with E-state index in [0.717, 1.165) is 44.6 Å². The third-order valence-corrected chi connectivity index (χ3v) is 16.3. The van der Waals surface area contributed by atoms with E-state index in [0.29, 0.717) is 42.7 Å². The monoisotopic (exact) mass is 650 g/mol. The van der Waals surface area contributed by atoms with Crippen LogP contribution >= 0.6 is 0 Å². The molecule has 7 nitrogen and oxygen atoms in total. The van der Waals surface area contributed by atoms with Gasteiger partial charge in [-0.3, -0.25) is 19.4 Å². The van der Waals surface area contributed by atoms with Gasteiger partial charge in [-0.2, -0.15) is 0 Å². The van der Waals surface area contributed by atoms with E-state index < -0.39 is 0 Å². The molecule has 2 aromatic carbocycles. The van der Waals surface area contributed by atoms with Crippen LogP contribution < -0.4 is 9.80 Å². The van der Waals surface area contributed by atoms with E-state index in [1.54, 1.807) is 5.57 Å². The Balaban J connectivity index is 1.03. The first-order valence-corrected chi connectivity index (χ1v) is 19.1. The minimum absolute atomic E-state index is 0.0122. The van der Waals surface area contributed by atoms with Crippen LogP contribution in [0.3, 0.4) is 0 Å². The van der Waals surface area contributed by atoms with Crippen molar-refractivity contribution >= 4 is 23.2 Å². The summed E-state index contributed by atoms with van der Waals surface area (Å²) in [6, 6.07) is 18.8. The van der Waals surface area contributed by atoms with Gasteiger partial charge in [-0.05, 0) is 73.9 Å². The largest absolute Gasteiger partial charge is 0.373 e. The Hall–Kier alpha value is -3.52. The first kappa shape index (κ1) is 27.2. The zero-order chi connectivity index (χ0) is 32.1. The predicted molar refractivity (Wildman–Crippen MR) is 185 cm³/mol. The normalized spacial score (nSPS) is 46.8. The van der Waals surface area contributed by atoms with E-state index in [4.69, 9.17) is 4.74 Å². The Morgan fingerprint density at radius 1 is 0.898 bits per heavy atom. The van der Waals surface area contributed by atoms with Crippen LogP contribution in [-0.2, 0) is 25.2 Å². The maximum absolute atomic E-state index is 15.8. The standard InChI is InChI=1S/C42H42N4O3/c1-2-22-21-44-31(19-42-28-8-4-5-9-29(28)45-34(47)12-11-24(38(42)45)25(22)17-33(42)44)36-37-35-26-18-32-41(14-15-43(32)20-23(26)13-16-49-37)27-7-3-6-10-30(27)46(39(35)41)40(36)48/h2-11,13,25-26,31-33,35-39H,12,14-21H2,1H3/b22-2+/t25-,26-,31+,32-,33-,35-,36-,37+,38-,39-,41+,42+/m0/s1.